The van der Waals surface area contributed by atoms with Crippen molar-refractivity contribution >= 4 is 37.6 Å². The zero-order valence-corrected chi connectivity index (χ0v) is 19.7. The Morgan fingerprint density at radius 1 is 1.28 bits per heavy atom. The van der Waals surface area contributed by atoms with Crippen molar-refractivity contribution in [2.75, 3.05) is 20.1 Å². The molecule has 2 rings (SSSR count). The van der Waals surface area contributed by atoms with Gasteiger partial charge in [0.15, 0.2) is 0 Å². The molecule has 9 heteroatoms. The molecular formula is C20H25BrClFN2O3S. The lowest BCUT2D eigenvalue weighted by molar-refractivity contribution is 0.139. The Hall–Kier alpha value is -1.03. The number of β-amino-alcohol motifs (C(OH)–C–C–N with tert-alkyl or cyclic N) is 1. The van der Waals surface area contributed by atoms with E-state index < -0.39 is 27.5 Å². The number of aliphatic hydroxyl groups is 1. The van der Waals surface area contributed by atoms with Gasteiger partial charge >= 0.3 is 0 Å². The number of rotatable bonds is 9. The highest BCUT2D eigenvalue weighted by Crippen LogP contribution is 2.21. The molecule has 0 aromatic heterocycles. The smallest absolute Gasteiger partial charge is 0.242 e. The van der Waals surface area contributed by atoms with Gasteiger partial charge in [-0.25, -0.2) is 12.8 Å². The maximum absolute atomic E-state index is 13.6. The molecule has 2 aromatic carbocycles. The standard InChI is InChI=1S/C20H25BrClFN2O3S/c1-20(2,11-14-7-8-18(22)19(23)9-14)24-12-16(26)13-25(3)29(27,28)17-6-4-5-15(21)10-17/h4-10,16,24,26H,11-13H2,1-3H3. The van der Waals surface area contributed by atoms with E-state index in [9.17, 15) is 17.9 Å². The van der Waals surface area contributed by atoms with E-state index >= 15 is 0 Å². The van der Waals surface area contributed by atoms with E-state index in [4.69, 9.17) is 11.6 Å². The normalized spacial score (nSPS) is 13.7. The quantitative estimate of drug-likeness (QED) is 0.541. The molecule has 0 saturated heterocycles. The minimum absolute atomic E-state index is 0.0620. The zero-order chi connectivity index (χ0) is 21.8. The second-order valence-corrected chi connectivity index (χ2v) is 11.0. The van der Waals surface area contributed by atoms with E-state index in [0.717, 1.165) is 9.87 Å². The van der Waals surface area contributed by atoms with Crippen LogP contribution in [0.2, 0.25) is 5.02 Å². The molecule has 2 aromatic rings. The number of nitrogens with zero attached hydrogens (tertiary/aromatic N) is 1. The summed E-state index contributed by atoms with van der Waals surface area (Å²) in [6.45, 7) is 3.97. The molecule has 5 nitrogen and oxygen atoms in total. The van der Waals surface area contributed by atoms with E-state index in [1.54, 1.807) is 18.2 Å². The first-order chi connectivity index (χ1) is 13.4. The molecule has 0 saturated carbocycles. The van der Waals surface area contributed by atoms with E-state index in [0.29, 0.717) is 10.9 Å². The highest BCUT2D eigenvalue weighted by Gasteiger charge is 2.25. The van der Waals surface area contributed by atoms with Gasteiger partial charge in [-0.15, -0.1) is 0 Å². The molecule has 2 N–H and O–H groups in total. The molecule has 0 heterocycles. The molecule has 0 bridgehead atoms. The number of hydrogen-bond donors (Lipinski definition) is 2. The Bertz CT molecular complexity index is 956. The highest BCUT2D eigenvalue weighted by atomic mass is 79.9. The van der Waals surface area contributed by atoms with Crippen molar-refractivity contribution in [2.45, 2.75) is 36.8 Å². The number of hydrogen-bond acceptors (Lipinski definition) is 4. The molecule has 0 radical (unpaired) electrons. The predicted molar refractivity (Wildman–Crippen MR) is 117 cm³/mol. The summed E-state index contributed by atoms with van der Waals surface area (Å²) in [5, 5.41) is 13.6. The molecule has 0 aliphatic heterocycles. The second kappa shape index (κ2) is 9.85. The lowest BCUT2D eigenvalue weighted by Gasteiger charge is -2.29. The lowest BCUT2D eigenvalue weighted by Crippen LogP contribution is -2.47. The SMILES string of the molecule is CN(CC(O)CNC(C)(C)Cc1ccc(Cl)c(F)c1)S(=O)(=O)c1cccc(Br)c1. The van der Waals surface area contributed by atoms with Crippen LogP contribution in [0.25, 0.3) is 0 Å². The Balaban J connectivity index is 1.93. The summed E-state index contributed by atoms with van der Waals surface area (Å²) in [6, 6.07) is 11.1. The van der Waals surface area contributed by atoms with Gasteiger partial charge in [-0.2, -0.15) is 4.31 Å². The van der Waals surface area contributed by atoms with Crippen molar-refractivity contribution in [3.05, 3.63) is 63.3 Å². The highest BCUT2D eigenvalue weighted by molar-refractivity contribution is 9.10. The van der Waals surface area contributed by atoms with E-state index in [1.807, 2.05) is 13.8 Å². The van der Waals surface area contributed by atoms with Gasteiger partial charge in [0.1, 0.15) is 5.82 Å². The molecule has 29 heavy (non-hydrogen) atoms. The third kappa shape index (κ3) is 7.01. The fourth-order valence-electron chi connectivity index (χ4n) is 2.88. The van der Waals surface area contributed by atoms with Crippen molar-refractivity contribution in [3.63, 3.8) is 0 Å². The van der Waals surface area contributed by atoms with Gasteiger partial charge in [0.05, 0.1) is 16.0 Å². The lowest BCUT2D eigenvalue weighted by atomic mass is 9.94. The van der Waals surface area contributed by atoms with Crippen LogP contribution in [-0.4, -0.2) is 49.6 Å². The fraction of sp³-hybridized carbons (Fsp3) is 0.400. The summed E-state index contributed by atoms with van der Waals surface area (Å²) < 4.78 is 40.7. The first-order valence-electron chi connectivity index (χ1n) is 9.00. The van der Waals surface area contributed by atoms with Crippen molar-refractivity contribution in [1.82, 2.24) is 9.62 Å². The van der Waals surface area contributed by atoms with Crippen LogP contribution in [0, 0.1) is 5.82 Å². The maximum Gasteiger partial charge on any atom is 0.242 e. The van der Waals surface area contributed by atoms with Crippen molar-refractivity contribution in [2.24, 2.45) is 0 Å². The van der Waals surface area contributed by atoms with Crippen LogP contribution in [0.3, 0.4) is 0 Å². The minimum atomic E-state index is -3.71. The number of halogens is 3. The van der Waals surface area contributed by atoms with Gasteiger partial charge in [0, 0.05) is 30.1 Å². The molecule has 0 aliphatic rings. The van der Waals surface area contributed by atoms with Crippen LogP contribution in [0.5, 0.6) is 0 Å². The van der Waals surface area contributed by atoms with Crippen molar-refractivity contribution in [1.29, 1.82) is 0 Å². The van der Waals surface area contributed by atoms with Crippen molar-refractivity contribution in [3.8, 4) is 0 Å². The maximum atomic E-state index is 13.6. The molecule has 0 aliphatic carbocycles. The molecule has 0 spiro atoms. The molecule has 160 valence electrons. The molecule has 1 unspecified atom stereocenters. The number of aliphatic hydroxyl groups excluding tert-OH is 1. The van der Waals surface area contributed by atoms with Crippen LogP contribution >= 0.6 is 27.5 Å². The molecule has 0 amide bonds. The van der Waals surface area contributed by atoms with E-state index in [1.165, 1.54) is 31.3 Å². The Labute approximate surface area is 185 Å². The molecular weight excluding hydrogens is 483 g/mol. The van der Waals surface area contributed by atoms with Gasteiger partial charge in [0.2, 0.25) is 10.0 Å². The Morgan fingerprint density at radius 2 is 1.97 bits per heavy atom. The van der Waals surface area contributed by atoms with Crippen molar-refractivity contribution < 1.29 is 17.9 Å². The summed E-state index contributed by atoms with van der Waals surface area (Å²) in [7, 11) is -2.27. The summed E-state index contributed by atoms with van der Waals surface area (Å²) in [5.74, 6) is -0.473. The van der Waals surface area contributed by atoms with Gasteiger partial charge in [-0.3, -0.25) is 0 Å². The number of likely N-dealkylation sites (N-methyl/N-ethyl adjacent to an activating group) is 1. The zero-order valence-electron chi connectivity index (χ0n) is 16.5. The summed E-state index contributed by atoms with van der Waals surface area (Å²) in [6.07, 6.45) is -0.400. The second-order valence-electron chi connectivity index (χ2n) is 7.59. The van der Waals surface area contributed by atoms with Crippen LogP contribution in [0.15, 0.2) is 51.8 Å². The molecule has 1 atom stereocenters. The van der Waals surface area contributed by atoms with Crippen LogP contribution in [-0.2, 0) is 16.4 Å². The van der Waals surface area contributed by atoms with Crippen LogP contribution in [0.1, 0.15) is 19.4 Å². The van der Waals surface area contributed by atoms with Gasteiger partial charge in [-0.05, 0) is 56.2 Å². The fourth-order valence-corrected chi connectivity index (χ4v) is 4.81. The number of benzene rings is 2. The van der Waals surface area contributed by atoms with Crippen LogP contribution in [0.4, 0.5) is 4.39 Å². The predicted octanol–water partition coefficient (Wildman–Crippen LogP) is 3.83. The minimum Gasteiger partial charge on any atom is -0.390 e. The van der Waals surface area contributed by atoms with E-state index in [2.05, 4.69) is 21.2 Å². The van der Waals surface area contributed by atoms with Gasteiger partial charge in [-0.1, -0.05) is 39.7 Å². The van der Waals surface area contributed by atoms with Gasteiger partial charge < -0.3 is 10.4 Å². The Morgan fingerprint density at radius 3 is 2.59 bits per heavy atom. The summed E-state index contributed by atoms with van der Waals surface area (Å²) in [4.78, 5) is 0.152. The first kappa shape index (κ1) is 24.2. The third-order valence-corrected chi connectivity index (χ3v) is 7.04. The number of nitrogens with one attached hydrogen (secondary N) is 1. The topological polar surface area (TPSA) is 69.6 Å². The average Bonchev–Trinajstić information content (AvgIpc) is 2.63. The summed E-state index contributed by atoms with van der Waals surface area (Å²) >= 11 is 8.98. The van der Waals surface area contributed by atoms with Gasteiger partial charge in [0.25, 0.3) is 0 Å². The van der Waals surface area contributed by atoms with Crippen LogP contribution < -0.4 is 5.32 Å². The Kier molecular flexibility index (Phi) is 8.23. The number of sulfonamides is 1. The first-order valence-corrected chi connectivity index (χ1v) is 11.6. The monoisotopic (exact) mass is 506 g/mol. The molecule has 0 fully saturated rings. The largest absolute Gasteiger partial charge is 0.390 e. The summed E-state index contributed by atoms with van der Waals surface area (Å²) in [5.41, 5.74) is 0.330. The van der Waals surface area contributed by atoms with E-state index in [-0.39, 0.29) is 23.0 Å². The average molecular weight is 508 g/mol. The third-order valence-electron chi connectivity index (χ3n) is 4.42.